The van der Waals surface area contributed by atoms with E-state index in [4.69, 9.17) is 11.6 Å². The maximum atomic E-state index is 12.3. The Morgan fingerprint density at radius 1 is 1.22 bits per heavy atom. The number of rotatable bonds is 3. The number of hydrogen-bond donors (Lipinski definition) is 1. The van der Waals surface area contributed by atoms with E-state index in [2.05, 4.69) is 5.32 Å². The molecule has 4 saturated carbocycles. The molecule has 2 unspecified atom stereocenters. The molecule has 4 nitrogen and oxygen atoms in total. The Hall–Kier alpha value is -0.770. The second kappa shape index (κ2) is 3.86. The van der Waals surface area contributed by atoms with E-state index in [1.807, 2.05) is 0 Å². The first-order valence-corrected chi connectivity index (χ1v) is 6.96. The Labute approximate surface area is 111 Å². The van der Waals surface area contributed by atoms with Crippen LogP contribution in [0.2, 0.25) is 0 Å². The lowest BCUT2D eigenvalue weighted by Gasteiger charge is -2.59. The van der Waals surface area contributed by atoms with Gasteiger partial charge >= 0.3 is 0 Å². The van der Waals surface area contributed by atoms with Gasteiger partial charge < -0.3 is 15.2 Å². The molecular formula is C13H17ClNO3-. The van der Waals surface area contributed by atoms with E-state index in [0.717, 1.165) is 25.7 Å². The second-order valence-electron chi connectivity index (χ2n) is 6.45. The minimum absolute atomic E-state index is 0.133. The summed E-state index contributed by atoms with van der Waals surface area (Å²) in [6.07, 6.45) is 5.66. The number of carbonyl (C=O) groups excluding carboxylic acids is 2. The Kier molecular flexibility index (Phi) is 2.63. The third kappa shape index (κ3) is 1.91. The van der Waals surface area contributed by atoms with Crippen molar-refractivity contribution in [3.05, 3.63) is 0 Å². The molecule has 1 N–H and O–H groups in total. The topological polar surface area (TPSA) is 69.2 Å². The van der Waals surface area contributed by atoms with E-state index in [-0.39, 0.29) is 10.8 Å². The van der Waals surface area contributed by atoms with Crippen LogP contribution in [0.5, 0.6) is 0 Å². The largest absolute Gasteiger partial charge is 0.548 e. The van der Waals surface area contributed by atoms with E-state index in [9.17, 15) is 14.7 Å². The van der Waals surface area contributed by atoms with Gasteiger partial charge in [0.15, 0.2) is 0 Å². The molecule has 0 aromatic carbocycles. The fourth-order valence-electron chi connectivity index (χ4n) is 4.76. The smallest absolute Gasteiger partial charge is 0.226 e. The van der Waals surface area contributed by atoms with Crippen LogP contribution in [0.3, 0.4) is 0 Å². The fraction of sp³-hybridized carbons (Fsp3) is 0.846. The van der Waals surface area contributed by atoms with Crippen LogP contribution in [0.15, 0.2) is 0 Å². The van der Waals surface area contributed by atoms with E-state index in [0.29, 0.717) is 18.3 Å². The van der Waals surface area contributed by atoms with Gasteiger partial charge in [0, 0.05) is 4.87 Å². The molecule has 4 aliphatic rings. The van der Waals surface area contributed by atoms with Gasteiger partial charge in [0.25, 0.3) is 0 Å². The van der Waals surface area contributed by atoms with Gasteiger partial charge in [0.05, 0.1) is 17.9 Å². The number of amides is 1. The maximum absolute atomic E-state index is 12.3. The third-order valence-corrected chi connectivity index (χ3v) is 5.31. The molecule has 0 radical (unpaired) electrons. The molecule has 18 heavy (non-hydrogen) atoms. The molecule has 0 aromatic heterocycles. The van der Waals surface area contributed by atoms with Crippen molar-refractivity contribution in [3.63, 3.8) is 0 Å². The highest BCUT2D eigenvalue weighted by Gasteiger charge is 2.59. The number of carboxylic acid groups (broad SMARTS) is 1. The molecular weight excluding hydrogens is 254 g/mol. The highest BCUT2D eigenvalue weighted by molar-refractivity contribution is 6.24. The highest BCUT2D eigenvalue weighted by Crippen LogP contribution is 2.63. The fourth-order valence-corrected chi connectivity index (χ4v) is 5.45. The van der Waals surface area contributed by atoms with Crippen molar-refractivity contribution in [1.29, 1.82) is 0 Å². The molecule has 5 heteroatoms. The molecule has 0 aromatic rings. The van der Waals surface area contributed by atoms with Crippen LogP contribution in [0.25, 0.3) is 0 Å². The van der Waals surface area contributed by atoms with Crippen molar-refractivity contribution < 1.29 is 14.7 Å². The van der Waals surface area contributed by atoms with Crippen LogP contribution in [-0.4, -0.2) is 23.3 Å². The van der Waals surface area contributed by atoms with Crippen LogP contribution in [0.4, 0.5) is 0 Å². The monoisotopic (exact) mass is 270 g/mol. The van der Waals surface area contributed by atoms with Crippen molar-refractivity contribution in [1.82, 2.24) is 5.32 Å². The standard InChI is InChI=1S/C13H18ClNO3/c14-13-4-8-1-9(5-13)3-12(2-8,7-13)11(18)15-6-10(16)17/h8-9H,1-7H2,(H,15,18)(H,16,17)/p-1/t8-,9+,12?,13?. The second-order valence-corrected chi connectivity index (χ2v) is 7.25. The summed E-state index contributed by atoms with van der Waals surface area (Å²) in [5.74, 6) is -0.297. The maximum Gasteiger partial charge on any atom is 0.226 e. The van der Waals surface area contributed by atoms with Crippen LogP contribution in [0.1, 0.15) is 38.5 Å². The lowest BCUT2D eigenvalue weighted by Crippen LogP contribution is -2.59. The minimum Gasteiger partial charge on any atom is -0.548 e. The molecule has 4 bridgehead atoms. The van der Waals surface area contributed by atoms with Crippen LogP contribution in [-0.2, 0) is 9.59 Å². The number of alkyl halides is 1. The lowest BCUT2D eigenvalue weighted by atomic mass is 9.49. The number of carbonyl (C=O) groups is 2. The summed E-state index contributed by atoms with van der Waals surface area (Å²) in [6, 6.07) is 0. The van der Waals surface area contributed by atoms with Crippen LogP contribution < -0.4 is 10.4 Å². The van der Waals surface area contributed by atoms with Crippen molar-refractivity contribution in [3.8, 4) is 0 Å². The summed E-state index contributed by atoms with van der Waals surface area (Å²) in [5, 5.41) is 12.9. The Morgan fingerprint density at radius 3 is 2.33 bits per heavy atom. The average Bonchev–Trinajstić information content (AvgIpc) is 2.22. The molecule has 0 heterocycles. The number of halogens is 1. The Morgan fingerprint density at radius 2 is 1.83 bits per heavy atom. The van der Waals surface area contributed by atoms with E-state index in [1.165, 1.54) is 6.42 Å². The first-order valence-electron chi connectivity index (χ1n) is 6.58. The van der Waals surface area contributed by atoms with Crippen molar-refractivity contribution in [2.75, 3.05) is 6.54 Å². The van der Waals surface area contributed by atoms with Gasteiger partial charge in [-0.1, -0.05) is 0 Å². The summed E-state index contributed by atoms with van der Waals surface area (Å²) >= 11 is 6.62. The SMILES string of the molecule is O=C([O-])CNC(=O)C12C[C@@H]3C[C@@H](CC(Cl)(C3)C1)C2. The van der Waals surface area contributed by atoms with Gasteiger partial charge in [-0.2, -0.15) is 0 Å². The predicted molar refractivity (Wildman–Crippen MR) is 63.7 cm³/mol. The van der Waals surface area contributed by atoms with Gasteiger partial charge in [-0.15, -0.1) is 11.6 Å². The van der Waals surface area contributed by atoms with Crippen molar-refractivity contribution in [2.45, 2.75) is 43.4 Å². The number of hydrogen-bond acceptors (Lipinski definition) is 3. The zero-order valence-corrected chi connectivity index (χ0v) is 11.0. The molecule has 4 atom stereocenters. The van der Waals surface area contributed by atoms with Crippen molar-refractivity contribution in [2.24, 2.45) is 17.3 Å². The van der Waals surface area contributed by atoms with Gasteiger partial charge in [-0.05, 0) is 50.4 Å². The van der Waals surface area contributed by atoms with E-state index < -0.39 is 17.9 Å². The average molecular weight is 271 g/mol. The molecule has 4 rings (SSSR count). The van der Waals surface area contributed by atoms with Gasteiger partial charge in [0.2, 0.25) is 5.91 Å². The zero-order valence-electron chi connectivity index (χ0n) is 10.2. The zero-order chi connectivity index (χ0) is 13.0. The normalized spacial score (nSPS) is 44.9. The van der Waals surface area contributed by atoms with E-state index >= 15 is 0 Å². The van der Waals surface area contributed by atoms with Crippen LogP contribution >= 0.6 is 11.6 Å². The quantitative estimate of drug-likeness (QED) is 0.756. The Balaban J connectivity index is 1.78. The van der Waals surface area contributed by atoms with Gasteiger partial charge in [0.1, 0.15) is 0 Å². The number of aliphatic carboxylic acids is 1. The summed E-state index contributed by atoms with van der Waals surface area (Å²) < 4.78 is 0. The van der Waals surface area contributed by atoms with Crippen LogP contribution in [0, 0.1) is 17.3 Å². The molecule has 0 saturated heterocycles. The molecule has 1 amide bonds. The van der Waals surface area contributed by atoms with Crippen molar-refractivity contribution >= 4 is 23.5 Å². The van der Waals surface area contributed by atoms with Gasteiger partial charge in [-0.3, -0.25) is 4.79 Å². The molecule has 0 aliphatic heterocycles. The molecule has 0 spiro atoms. The predicted octanol–water partition coefficient (Wildman–Crippen LogP) is 0.430. The Bertz CT molecular complexity index is 395. The first-order chi connectivity index (χ1) is 8.41. The summed E-state index contributed by atoms with van der Waals surface area (Å²) in [4.78, 5) is 22.5. The molecule has 100 valence electrons. The minimum atomic E-state index is -1.24. The summed E-state index contributed by atoms with van der Waals surface area (Å²) in [6.45, 7) is -0.398. The van der Waals surface area contributed by atoms with E-state index in [1.54, 1.807) is 0 Å². The first kappa shape index (κ1) is 12.3. The third-order valence-electron chi connectivity index (χ3n) is 4.86. The lowest BCUT2D eigenvalue weighted by molar-refractivity contribution is -0.304. The summed E-state index contributed by atoms with van der Waals surface area (Å²) in [7, 11) is 0. The summed E-state index contributed by atoms with van der Waals surface area (Å²) in [5.41, 5.74) is -0.415. The molecule has 4 aliphatic carbocycles. The molecule has 4 fully saturated rings. The van der Waals surface area contributed by atoms with Gasteiger partial charge in [-0.25, -0.2) is 0 Å². The highest BCUT2D eigenvalue weighted by atomic mass is 35.5. The number of carboxylic acids is 1. The number of nitrogens with one attached hydrogen (secondary N) is 1.